The number of phosphoric acid groups is 3. The van der Waals surface area contributed by atoms with Crippen LogP contribution in [0.2, 0.25) is 0 Å². The summed E-state index contributed by atoms with van der Waals surface area (Å²) >= 11 is 0. The maximum atomic E-state index is 13.1. The first-order chi connectivity index (χ1) is 15.0. The maximum Gasteiger partial charge on any atom is 0.492 e. The van der Waals surface area contributed by atoms with Crippen LogP contribution in [0.25, 0.3) is 0 Å². The van der Waals surface area contributed by atoms with Crippen LogP contribution in [-0.4, -0.2) is 29.1 Å². The zero-order valence-electron chi connectivity index (χ0n) is 20.0. The van der Waals surface area contributed by atoms with Crippen LogP contribution in [0.3, 0.4) is 0 Å². The molecule has 32 heavy (non-hydrogen) atoms. The van der Waals surface area contributed by atoms with Crippen molar-refractivity contribution in [1.29, 1.82) is 0 Å². The highest BCUT2D eigenvalue weighted by Crippen LogP contribution is 2.71. The van der Waals surface area contributed by atoms with Gasteiger partial charge in [-0.15, -0.1) is 0 Å². The molecule has 0 aliphatic carbocycles. The molecule has 0 amide bonds. The molecular formula is C19H43O10P3. The van der Waals surface area contributed by atoms with Crippen LogP contribution in [0.5, 0.6) is 0 Å². The van der Waals surface area contributed by atoms with E-state index in [4.69, 9.17) is 27.7 Å². The van der Waals surface area contributed by atoms with Crippen LogP contribution in [0.1, 0.15) is 105 Å². The van der Waals surface area contributed by atoms with Crippen molar-refractivity contribution in [3.05, 3.63) is 0 Å². The fourth-order valence-electron chi connectivity index (χ4n) is 2.77. The molecule has 0 aromatic heterocycles. The lowest BCUT2D eigenvalue weighted by Crippen LogP contribution is -2.08. The van der Waals surface area contributed by atoms with Gasteiger partial charge < -0.3 is 9.79 Å². The second-order valence-electron chi connectivity index (χ2n) is 7.90. The standard InChI is InChI=1S/C19H43O10P3/c1-5-7-9-11-13-15-17-25-31(23,26-18-16-14-12-10-8-6-2)29-32(24,27-19(3)4)28-30(20,21)22/h19H,5-18H2,1-4H3,(H2,20,21,22). The van der Waals surface area contributed by atoms with Crippen LogP contribution in [0.4, 0.5) is 0 Å². The molecule has 0 spiro atoms. The third kappa shape index (κ3) is 18.8. The minimum atomic E-state index is -5.27. The maximum absolute atomic E-state index is 13.1. The molecule has 0 heterocycles. The molecule has 0 aromatic rings. The molecule has 0 saturated heterocycles. The van der Waals surface area contributed by atoms with Gasteiger partial charge in [0.25, 0.3) is 0 Å². The zero-order chi connectivity index (χ0) is 24.5. The van der Waals surface area contributed by atoms with Gasteiger partial charge in [-0.05, 0) is 26.7 Å². The van der Waals surface area contributed by atoms with E-state index in [1.165, 1.54) is 13.8 Å². The predicted octanol–water partition coefficient (Wildman–Crippen LogP) is 7.51. The SMILES string of the molecule is CCCCCCCCOP(=O)(OCCCCCCCC)OP(=O)(OC(C)C)OP(=O)(O)O. The first kappa shape index (κ1) is 32.4. The van der Waals surface area contributed by atoms with Crippen molar-refractivity contribution in [2.45, 2.75) is 111 Å². The van der Waals surface area contributed by atoms with E-state index < -0.39 is 29.6 Å². The van der Waals surface area contributed by atoms with E-state index in [1.54, 1.807) is 0 Å². The molecule has 13 heteroatoms. The predicted molar refractivity (Wildman–Crippen MR) is 124 cm³/mol. The molecule has 0 radical (unpaired) electrons. The van der Waals surface area contributed by atoms with Gasteiger partial charge in [0.15, 0.2) is 0 Å². The minimum Gasteiger partial charge on any atom is -0.302 e. The largest absolute Gasteiger partial charge is 0.492 e. The summed E-state index contributed by atoms with van der Waals surface area (Å²) in [5, 5.41) is 0. The summed E-state index contributed by atoms with van der Waals surface area (Å²) in [5.41, 5.74) is 0. The van der Waals surface area contributed by atoms with Crippen molar-refractivity contribution in [2.75, 3.05) is 13.2 Å². The highest BCUT2D eigenvalue weighted by atomic mass is 31.3. The molecule has 0 aliphatic rings. The molecule has 0 rings (SSSR count). The zero-order valence-corrected chi connectivity index (χ0v) is 22.7. The molecule has 0 aromatic carbocycles. The van der Waals surface area contributed by atoms with Crippen molar-refractivity contribution < 1.29 is 45.7 Å². The Kier molecular flexibility index (Phi) is 18.0. The second kappa shape index (κ2) is 17.8. The minimum absolute atomic E-state index is 0.0114. The number of rotatable bonds is 22. The van der Waals surface area contributed by atoms with E-state index in [0.29, 0.717) is 12.8 Å². The highest BCUT2D eigenvalue weighted by molar-refractivity contribution is 7.67. The van der Waals surface area contributed by atoms with Gasteiger partial charge in [-0.1, -0.05) is 78.1 Å². The van der Waals surface area contributed by atoms with Gasteiger partial charge in [0.1, 0.15) is 0 Å². The lowest BCUT2D eigenvalue weighted by Gasteiger charge is -2.24. The van der Waals surface area contributed by atoms with Crippen molar-refractivity contribution in [3.63, 3.8) is 0 Å². The Morgan fingerprint density at radius 1 is 0.625 bits per heavy atom. The number of hydrogen-bond donors (Lipinski definition) is 2. The van der Waals surface area contributed by atoms with Gasteiger partial charge in [0, 0.05) is 0 Å². The highest BCUT2D eigenvalue weighted by Gasteiger charge is 2.45. The van der Waals surface area contributed by atoms with Crippen LogP contribution < -0.4 is 0 Å². The lowest BCUT2D eigenvalue weighted by molar-refractivity contribution is 0.109. The van der Waals surface area contributed by atoms with E-state index in [2.05, 4.69) is 18.2 Å². The Balaban J connectivity index is 5.00. The van der Waals surface area contributed by atoms with E-state index >= 15 is 0 Å². The van der Waals surface area contributed by atoms with Gasteiger partial charge in [-0.25, -0.2) is 13.7 Å². The summed E-state index contributed by atoms with van der Waals surface area (Å²) in [4.78, 5) is 18.2. The molecule has 0 aliphatic heterocycles. The Labute approximate surface area is 193 Å². The molecule has 1 atom stereocenters. The third-order valence-electron chi connectivity index (χ3n) is 4.24. The van der Waals surface area contributed by atoms with Crippen LogP contribution >= 0.6 is 23.5 Å². The van der Waals surface area contributed by atoms with Crippen molar-refractivity contribution in [1.82, 2.24) is 0 Å². The molecule has 2 N–H and O–H groups in total. The molecule has 10 nitrogen and oxygen atoms in total. The Hall–Kier alpha value is 0.410. The molecular weight excluding hydrogens is 481 g/mol. The monoisotopic (exact) mass is 524 g/mol. The average Bonchev–Trinajstić information content (AvgIpc) is 2.64. The first-order valence-electron chi connectivity index (χ1n) is 11.6. The third-order valence-corrected chi connectivity index (χ3v) is 9.17. The fraction of sp³-hybridized carbons (Fsp3) is 1.00. The summed E-state index contributed by atoms with van der Waals surface area (Å²) in [6.07, 6.45) is 10.7. The van der Waals surface area contributed by atoms with Gasteiger partial charge in [-0.3, -0.25) is 13.6 Å². The van der Waals surface area contributed by atoms with Crippen LogP contribution in [0, 0.1) is 0 Å². The normalized spacial score (nSPS) is 14.7. The smallest absolute Gasteiger partial charge is 0.302 e. The van der Waals surface area contributed by atoms with Crippen LogP contribution in [-0.2, 0) is 35.9 Å². The van der Waals surface area contributed by atoms with E-state index in [1.807, 2.05) is 0 Å². The van der Waals surface area contributed by atoms with E-state index in [9.17, 15) is 13.7 Å². The summed E-state index contributed by atoms with van der Waals surface area (Å²) < 4.78 is 61.8. The Morgan fingerprint density at radius 3 is 1.41 bits per heavy atom. The van der Waals surface area contributed by atoms with E-state index in [-0.39, 0.29) is 13.2 Å². The summed E-state index contributed by atoms with van der Waals surface area (Å²) in [6.45, 7) is 7.18. The fourth-order valence-corrected chi connectivity index (χ4v) is 7.16. The Morgan fingerprint density at radius 2 is 1.03 bits per heavy atom. The quantitative estimate of drug-likeness (QED) is 0.108. The lowest BCUT2D eigenvalue weighted by atomic mass is 10.1. The van der Waals surface area contributed by atoms with Gasteiger partial charge in [0.05, 0.1) is 19.3 Å². The van der Waals surface area contributed by atoms with Gasteiger partial charge in [-0.2, -0.15) is 8.62 Å². The van der Waals surface area contributed by atoms with E-state index in [0.717, 1.165) is 64.2 Å². The molecule has 194 valence electrons. The number of phosphoric ester groups is 1. The van der Waals surface area contributed by atoms with Crippen molar-refractivity contribution in [2.24, 2.45) is 0 Å². The summed E-state index contributed by atoms with van der Waals surface area (Å²) in [6, 6.07) is 0. The number of hydrogen-bond acceptors (Lipinski definition) is 8. The van der Waals surface area contributed by atoms with Gasteiger partial charge >= 0.3 is 23.5 Å². The Bertz CT molecular complexity index is 586. The van der Waals surface area contributed by atoms with Crippen LogP contribution in [0.15, 0.2) is 0 Å². The molecule has 0 bridgehead atoms. The summed E-state index contributed by atoms with van der Waals surface area (Å²) in [5.74, 6) is 0. The first-order valence-corrected chi connectivity index (χ1v) is 16.1. The summed E-state index contributed by atoms with van der Waals surface area (Å²) in [7, 11) is -14.7. The van der Waals surface area contributed by atoms with Crippen molar-refractivity contribution in [3.8, 4) is 0 Å². The van der Waals surface area contributed by atoms with Crippen molar-refractivity contribution >= 4 is 23.5 Å². The number of unbranched alkanes of at least 4 members (excludes halogenated alkanes) is 10. The molecule has 1 unspecified atom stereocenters. The molecule has 0 saturated carbocycles. The molecule has 0 fully saturated rings. The topological polar surface area (TPSA) is 138 Å². The second-order valence-corrected chi connectivity index (χ2v) is 12.7. The average molecular weight is 524 g/mol. The van der Waals surface area contributed by atoms with Gasteiger partial charge in [0.2, 0.25) is 0 Å².